The molecule has 2 amide bonds. The van der Waals surface area contributed by atoms with Crippen molar-refractivity contribution in [2.24, 2.45) is 0 Å². The molecule has 0 saturated carbocycles. The molecule has 20 heavy (non-hydrogen) atoms. The predicted octanol–water partition coefficient (Wildman–Crippen LogP) is 1.76. The molecule has 0 aliphatic heterocycles. The van der Waals surface area contributed by atoms with E-state index in [2.05, 4.69) is 5.32 Å². The van der Waals surface area contributed by atoms with E-state index in [1.807, 2.05) is 0 Å². The van der Waals surface area contributed by atoms with Crippen LogP contribution in [0.1, 0.15) is 24.2 Å². The van der Waals surface area contributed by atoms with E-state index in [1.165, 1.54) is 11.0 Å². The van der Waals surface area contributed by atoms with Crippen molar-refractivity contribution in [1.82, 2.24) is 4.90 Å². The van der Waals surface area contributed by atoms with Crippen LogP contribution in [0.25, 0.3) is 0 Å². The second kappa shape index (κ2) is 6.85. The number of rotatable bonds is 5. The van der Waals surface area contributed by atoms with Crippen LogP contribution in [0.4, 0.5) is 14.9 Å². The van der Waals surface area contributed by atoms with Crippen LogP contribution in [-0.2, 0) is 0 Å². The van der Waals surface area contributed by atoms with Gasteiger partial charge in [-0.3, -0.25) is 0 Å². The highest BCUT2D eigenvalue weighted by Crippen LogP contribution is 2.18. The average Bonchev–Trinajstić information content (AvgIpc) is 2.37. The molecule has 1 rings (SSSR count). The molecule has 1 aromatic carbocycles. The zero-order valence-corrected chi connectivity index (χ0v) is 11.3. The van der Waals surface area contributed by atoms with Gasteiger partial charge < -0.3 is 20.4 Å². The minimum Gasteiger partial charge on any atom is -0.478 e. The number of aromatic carboxylic acids is 1. The fourth-order valence-electron chi connectivity index (χ4n) is 1.69. The van der Waals surface area contributed by atoms with Crippen LogP contribution in [0.15, 0.2) is 18.2 Å². The van der Waals surface area contributed by atoms with Crippen molar-refractivity contribution in [2.75, 3.05) is 18.5 Å². The summed E-state index contributed by atoms with van der Waals surface area (Å²) in [5, 5.41) is 20.3. The first-order chi connectivity index (χ1) is 9.36. The number of benzene rings is 1. The molecule has 6 nitrogen and oxygen atoms in total. The van der Waals surface area contributed by atoms with Gasteiger partial charge in [0.25, 0.3) is 0 Å². The molecule has 0 aromatic heterocycles. The van der Waals surface area contributed by atoms with E-state index in [-0.39, 0.29) is 30.4 Å². The Morgan fingerprint density at radius 3 is 2.55 bits per heavy atom. The van der Waals surface area contributed by atoms with Gasteiger partial charge in [-0.1, -0.05) is 0 Å². The minimum absolute atomic E-state index is 0.00693. The van der Waals surface area contributed by atoms with Crippen LogP contribution >= 0.6 is 0 Å². The van der Waals surface area contributed by atoms with Crippen molar-refractivity contribution in [3.8, 4) is 0 Å². The molecule has 110 valence electrons. The van der Waals surface area contributed by atoms with E-state index in [9.17, 15) is 14.0 Å². The predicted molar refractivity (Wildman–Crippen MR) is 71.3 cm³/mol. The van der Waals surface area contributed by atoms with Gasteiger partial charge in [0.2, 0.25) is 0 Å². The summed E-state index contributed by atoms with van der Waals surface area (Å²) in [6, 6.07) is 2.37. The Hall–Kier alpha value is -2.15. The largest absolute Gasteiger partial charge is 0.478 e. The lowest BCUT2D eigenvalue weighted by molar-refractivity contribution is 0.0697. The number of hydrogen-bond donors (Lipinski definition) is 3. The Bertz CT molecular complexity index is 505. The highest BCUT2D eigenvalue weighted by Gasteiger charge is 2.19. The zero-order valence-electron chi connectivity index (χ0n) is 11.3. The molecule has 0 radical (unpaired) electrons. The van der Waals surface area contributed by atoms with E-state index < -0.39 is 17.8 Å². The quantitative estimate of drug-likeness (QED) is 0.768. The van der Waals surface area contributed by atoms with Crippen molar-refractivity contribution in [3.63, 3.8) is 0 Å². The molecular weight excluding hydrogens is 267 g/mol. The second-order valence-electron chi connectivity index (χ2n) is 4.44. The number of nitrogens with zero attached hydrogens (tertiary/aromatic N) is 1. The summed E-state index contributed by atoms with van der Waals surface area (Å²) < 4.78 is 13.0. The van der Waals surface area contributed by atoms with Gasteiger partial charge in [-0.2, -0.15) is 0 Å². The van der Waals surface area contributed by atoms with Gasteiger partial charge >= 0.3 is 12.0 Å². The first-order valence-corrected chi connectivity index (χ1v) is 6.08. The van der Waals surface area contributed by atoms with Crippen molar-refractivity contribution in [2.45, 2.75) is 19.9 Å². The molecule has 0 bridgehead atoms. The van der Waals surface area contributed by atoms with Crippen LogP contribution < -0.4 is 5.32 Å². The summed E-state index contributed by atoms with van der Waals surface area (Å²) in [4.78, 5) is 24.4. The average molecular weight is 284 g/mol. The normalized spacial score (nSPS) is 10.4. The first-order valence-electron chi connectivity index (χ1n) is 6.08. The molecule has 7 heteroatoms. The number of halogens is 1. The minimum atomic E-state index is -1.34. The van der Waals surface area contributed by atoms with Crippen LogP contribution in [-0.4, -0.2) is 46.3 Å². The Balaban J connectivity index is 2.97. The maximum Gasteiger partial charge on any atom is 0.337 e. The number of aliphatic hydroxyl groups is 1. The molecule has 0 aliphatic rings. The van der Waals surface area contributed by atoms with E-state index in [0.717, 1.165) is 12.1 Å². The molecule has 0 unspecified atom stereocenters. The van der Waals surface area contributed by atoms with Crippen LogP contribution in [0.2, 0.25) is 0 Å². The lowest BCUT2D eigenvalue weighted by atomic mass is 10.1. The fourth-order valence-corrected chi connectivity index (χ4v) is 1.69. The maximum atomic E-state index is 13.0. The number of carbonyl (C=O) groups excluding carboxylic acids is 1. The van der Waals surface area contributed by atoms with Gasteiger partial charge in [-0.05, 0) is 32.0 Å². The topological polar surface area (TPSA) is 89.9 Å². The number of urea groups is 1. The summed E-state index contributed by atoms with van der Waals surface area (Å²) in [7, 11) is 0. The third-order valence-corrected chi connectivity index (χ3v) is 2.68. The number of carbonyl (C=O) groups is 2. The molecule has 0 spiro atoms. The Morgan fingerprint density at radius 2 is 2.05 bits per heavy atom. The number of anilines is 1. The third-order valence-electron chi connectivity index (χ3n) is 2.68. The first kappa shape index (κ1) is 15.9. The summed E-state index contributed by atoms with van der Waals surface area (Å²) in [5.74, 6) is -2.03. The summed E-state index contributed by atoms with van der Waals surface area (Å²) in [6.07, 6.45) is 0. The number of amides is 2. The summed E-state index contributed by atoms with van der Waals surface area (Å²) >= 11 is 0. The molecule has 0 atom stereocenters. The number of carboxylic acids is 1. The summed E-state index contributed by atoms with van der Waals surface area (Å²) in [5.41, 5.74) is -0.321. The van der Waals surface area contributed by atoms with Gasteiger partial charge in [-0.25, -0.2) is 14.0 Å². The van der Waals surface area contributed by atoms with Crippen molar-refractivity contribution in [3.05, 3.63) is 29.6 Å². The molecule has 1 aromatic rings. The number of aliphatic hydroxyl groups excluding tert-OH is 1. The van der Waals surface area contributed by atoms with Crippen molar-refractivity contribution >= 4 is 17.7 Å². The SMILES string of the molecule is CC(C)N(CCO)C(=O)Nc1ccc(F)cc1C(=O)O. The Labute approximate surface area is 115 Å². The van der Waals surface area contributed by atoms with Gasteiger partial charge in [0.15, 0.2) is 0 Å². The number of hydrogen-bond acceptors (Lipinski definition) is 3. The van der Waals surface area contributed by atoms with Gasteiger partial charge in [0.1, 0.15) is 5.82 Å². The van der Waals surface area contributed by atoms with E-state index >= 15 is 0 Å². The molecule has 0 aliphatic carbocycles. The molecule has 0 heterocycles. The molecule has 0 saturated heterocycles. The van der Waals surface area contributed by atoms with Crippen LogP contribution in [0, 0.1) is 5.82 Å². The number of carboxylic acid groups (broad SMARTS) is 1. The van der Waals surface area contributed by atoms with Gasteiger partial charge in [-0.15, -0.1) is 0 Å². The molecule has 0 fully saturated rings. The maximum absolute atomic E-state index is 13.0. The van der Waals surface area contributed by atoms with Gasteiger partial charge in [0, 0.05) is 12.6 Å². The monoisotopic (exact) mass is 284 g/mol. The smallest absolute Gasteiger partial charge is 0.337 e. The lowest BCUT2D eigenvalue weighted by Crippen LogP contribution is -2.42. The third kappa shape index (κ3) is 3.92. The van der Waals surface area contributed by atoms with Gasteiger partial charge in [0.05, 0.1) is 17.9 Å². The van der Waals surface area contributed by atoms with Crippen molar-refractivity contribution in [1.29, 1.82) is 0 Å². The fraction of sp³-hybridized carbons (Fsp3) is 0.385. The van der Waals surface area contributed by atoms with Crippen molar-refractivity contribution < 1.29 is 24.2 Å². The Kier molecular flexibility index (Phi) is 5.45. The molecule has 3 N–H and O–H groups in total. The second-order valence-corrected chi connectivity index (χ2v) is 4.44. The number of nitrogens with one attached hydrogen (secondary N) is 1. The zero-order chi connectivity index (χ0) is 15.3. The van der Waals surface area contributed by atoms with E-state index in [1.54, 1.807) is 13.8 Å². The van der Waals surface area contributed by atoms with Crippen LogP contribution in [0.5, 0.6) is 0 Å². The van der Waals surface area contributed by atoms with Crippen LogP contribution in [0.3, 0.4) is 0 Å². The Morgan fingerprint density at radius 1 is 1.40 bits per heavy atom. The molecular formula is C13H17FN2O4. The highest BCUT2D eigenvalue weighted by atomic mass is 19.1. The highest BCUT2D eigenvalue weighted by molar-refractivity contribution is 6.00. The standard InChI is InChI=1S/C13H17FN2O4/c1-8(2)16(5-6-17)13(20)15-11-4-3-9(14)7-10(11)12(18)19/h3-4,7-8,17H,5-6H2,1-2H3,(H,15,20)(H,18,19). The summed E-state index contributed by atoms with van der Waals surface area (Å²) in [6.45, 7) is 3.43. The lowest BCUT2D eigenvalue weighted by Gasteiger charge is -2.26. The van der Waals surface area contributed by atoms with E-state index in [0.29, 0.717) is 0 Å². The van der Waals surface area contributed by atoms with E-state index in [4.69, 9.17) is 10.2 Å².